The molecule has 0 bridgehead atoms. The monoisotopic (exact) mass is 392 g/mol. The van der Waals surface area contributed by atoms with Crippen LogP contribution in [0.1, 0.15) is 13.8 Å². The summed E-state index contributed by atoms with van der Waals surface area (Å²) in [7, 11) is 0. The predicted octanol–water partition coefficient (Wildman–Crippen LogP) is 3.57. The summed E-state index contributed by atoms with van der Waals surface area (Å²) in [4.78, 5) is 23.0. The van der Waals surface area contributed by atoms with Crippen LogP contribution in [0.25, 0.3) is 0 Å². The number of benzene rings is 1. The van der Waals surface area contributed by atoms with Gasteiger partial charge in [0.1, 0.15) is 0 Å². The first-order chi connectivity index (χ1) is 9.56. The van der Waals surface area contributed by atoms with Crippen LogP contribution in [-0.2, 0) is 15.7 Å². The molecule has 0 N–H and O–H groups in total. The molecule has 108 valence electrons. The molecule has 0 spiro atoms. The van der Waals surface area contributed by atoms with E-state index in [1.165, 1.54) is 48.6 Å². The van der Waals surface area contributed by atoms with E-state index in [1.807, 2.05) is 0 Å². The Bertz CT molecular complexity index is 496. The molecule has 20 heavy (non-hydrogen) atoms. The summed E-state index contributed by atoms with van der Waals surface area (Å²) in [5.41, 5.74) is 0. The Balaban J connectivity index is 2.91. The fourth-order valence-corrected chi connectivity index (χ4v) is 3.73. The summed E-state index contributed by atoms with van der Waals surface area (Å²) in [6, 6.07) is 5.36. The van der Waals surface area contributed by atoms with Crippen molar-refractivity contribution in [3.63, 3.8) is 0 Å². The van der Waals surface area contributed by atoms with E-state index in [-0.39, 0.29) is 0 Å². The van der Waals surface area contributed by atoms with Crippen LogP contribution < -0.4 is 0 Å². The van der Waals surface area contributed by atoms with Gasteiger partial charge in [-0.25, -0.2) is 0 Å². The van der Waals surface area contributed by atoms with Gasteiger partial charge in [-0.3, -0.25) is 0 Å². The van der Waals surface area contributed by atoms with E-state index < -0.39 is 38.4 Å². The Hall–Kier alpha value is -1.70. The van der Waals surface area contributed by atoms with Crippen LogP contribution in [0.5, 0.6) is 0 Å². The van der Waals surface area contributed by atoms with E-state index in [4.69, 9.17) is 6.13 Å². The maximum absolute atomic E-state index is 12.9. The van der Waals surface area contributed by atoms with Crippen LogP contribution in [-0.4, -0.2) is 11.9 Å². The molecule has 0 aliphatic heterocycles. The molecule has 0 saturated heterocycles. The third-order valence-corrected chi connectivity index (χ3v) is 5.28. The second-order valence-corrected chi connectivity index (χ2v) is 6.81. The molecule has 0 aliphatic rings. The van der Waals surface area contributed by atoms with Crippen LogP contribution in [0.4, 0.5) is 4.39 Å². The van der Waals surface area contributed by atoms with Crippen LogP contribution in [0.3, 0.4) is 0 Å². The second kappa shape index (κ2) is 8.47. The molecule has 6 heteroatoms. The Morgan fingerprint density at radius 2 is 1.45 bits per heavy atom. The normalized spacial score (nSPS) is 11.7. The molecule has 0 amide bonds. The van der Waals surface area contributed by atoms with E-state index >= 15 is 0 Å². The van der Waals surface area contributed by atoms with Crippen molar-refractivity contribution in [2.24, 2.45) is 0 Å². The summed E-state index contributed by atoms with van der Waals surface area (Å²) >= 11 is -2.96. The van der Waals surface area contributed by atoms with Crippen LogP contribution >= 0.6 is 20.6 Å². The van der Waals surface area contributed by atoms with Gasteiger partial charge in [0.2, 0.25) is 0 Å². The van der Waals surface area contributed by atoms with Crippen molar-refractivity contribution in [3.05, 3.63) is 58.0 Å². The summed E-state index contributed by atoms with van der Waals surface area (Å²) < 4.78 is 23.7. The second-order valence-electron chi connectivity index (χ2n) is 3.45. The first kappa shape index (κ1) is 16.4. The Labute approximate surface area is 124 Å². The van der Waals surface area contributed by atoms with Crippen molar-refractivity contribution >= 4 is 32.6 Å². The fourth-order valence-electron chi connectivity index (χ4n) is 1.10. The molecule has 1 rings (SSSR count). The van der Waals surface area contributed by atoms with Gasteiger partial charge in [0.05, 0.1) is 0 Å². The Morgan fingerprint density at radius 1 is 1.00 bits per heavy atom. The van der Waals surface area contributed by atoms with Crippen molar-refractivity contribution in [3.8, 4) is 0 Å². The number of halogens is 2. The predicted molar refractivity (Wildman–Crippen MR) is 80.9 cm³/mol. The first-order valence-corrected chi connectivity index (χ1v) is 8.56. The van der Waals surface area contributed by atoms with Gasteiger partial charge in [-0.1, -0.05) is 0 Å². The van der Waals surface area contributed by atoms with Crippen molar-refractivity contribution in [1.82, 2.24) is 0 Å². The summed E-state index contributed by atoms with van der Waals surface area (Å²) in [6.45, 7) is 3.34. The molecule has 1 aromatic carbocycles. The van der Waals surface area contributed by atoms with Crippen LogP contribution in [0, 0.1) is 9.39 Å². The third kappa shape index (κ3) is 5.52. The van der Waals surface area contributed by atoms with Crippen molar-refractivity contribution in [2.75, 3.05) is 0 Å². The maximum atomic E-state index is 12.9. The van der Waals surface area contributed by atoms with Crippen molar-refractivity contribution in [2.45, 2.75) is 13.8 Å². The molecule has 0 fully saturated rings. The Kier molecular flexibility index (Phi) is 6.92. The molecule has 0 atom stereocenters. The molecule has 0 radical (unpaired) electrons. The zero-order valence-corrected chi connectivity index (χ0v) is 13.2. The number of rotatable bonds is 5. The topological polar surface area (TPSA) is 52.6 Å². The van der Waals surface area contributed by atoms with Gasteiger partial charge in [-0.15, -0.1) is 0 Å². The Morgan fingerprint density at radius 3 is 1.85 bits per heavy atom. The minimum absolute atomic E-state index is 0.413. The van der Waals surface area contributed by atoms with E-state index in [9.17, 15) is 14.0 Å². The van der Waals surface area contributed by atoms with Crippen LogP contribution in [0.15, 0.2) is 48.6 Å². The number of hydrogen-bond donors (Lipinski definition) is 0. The molecule has 0 aromatic heterocycles. The summed E-state index contributed by atoms with van der Waals surface area (Å²) in [5, 5.41) is 0. The SMILES string of the molecule is C/C=C\C(=O)OI(OC(=O)/C=C\C)c1ccc(F)cc1. The van der Waals surface area contributed by atoms with Gasteiger partial charge in [0.25, 0.3) is 0 Å². The quantitative estimate of drug-likeness (QED) is 0.568. The van der Waals surface area contributed by atoms with Crippen LogP contribution in [0.2, 0.25) is 0 Å². The van der Waals surface area contributed by atoms with Gasteiger partial charge < -0.3 is 0 Å². The van der Waals surface area contributed by atoms with Gasteiger partial charge in [0.15, 0.2) is 0 Å². The summed E-state index contributed by atoms with van der Waals surface area (Å²) in [5.74, 6) is -1.59. The fraction of sp³-hybridized carbons (Fsp3) is 0.143. The molecular formula is C14H14FIO4. The summed E-state index contributed by atoms with van der Waals surface area (Å²) in [6.07, 6.45) is 5.51. The number of carbonyl (C=O) groups is 2. The standard InChI is InChI=1S/C14H14FIO4/c1-3-5-13(17)19-16(20-14(18)6-4-2)12-9-7-11(15)8-10-12/h3-10H,1-2H3/b5-3-,6-4-. The molecule has 0 heterocycles. The van der Waals surface area contributed by atoms with E-state index in [1.54, 1.807) is 13.8 Å². The molecule has 4 nitrogen and oxygen atoms in total. The zero-order chi connectivity index (χ0) is 15.0. The average Bonchev–Trinajstić information content (AvgIpc) is 2.39. The van der Waals surface area contributed by atoms with E-state index in [0.29, 0.717) is 3.57 Å². The number of allylic oxidation sites excluding steroid dienone is 2. The number of carbonyl (C=O) groups excluding carboxylic acids is 2. The third-order valence-electron chi connectivity index (χ3n) is 1.88. The molecule has 1 aromatic rings. The molecule has 0 saturated carbocycles. The molecule has 0 aliphatic carbocycles. The van der Waals surface area contributed by atoms with Gasteiger partial charge in [0, 0.05) is 0 Å². The zero-order valence-electron chi connectivity index (χ0n) is 11.0. The van der Waals surface area contributed by atoms with E-state index in [0.717, 1.165) is 0 Å². The van der Waals surface area contributed by atoms with Gasteiger partial charge in [-0.05, 0) is 0 Å². The van der Waals surface area contributed by atoms with E-state index in [2.05, 4.69) is 0 Å². The number of hydrogen-bond acceptors (Lipinski definition) is 4. The van der Waals surface area contributed by atoms with Gasteiger partial charge in [-0.2, -0.15) is 0 Å². The molecular weight excluding hydrogens is 378 g/mol. The first-order valence-electron chi connectivity index (χ1n) is 5.72. The molecule has 0 unspecified atom stereocenters. The average molecular weight is 392 g/mol. The minimum atomic E-state index is -2.96. The van der Waals surface area contributed by atoms with Crippen molar-refractivity contribution in [1.29, 1.82) is 0 Å². The van der Waals surface area contributed by atoms with Crippen molar-refractivity contribution < 1.29 is 20.1 Å². The van der Waals surface area contributed by atoms with Gasteiger partial charge >= 0.3 is 125 Å².